The van der Waals surface area contributed by atoms with Crippen molar-refractivity contribution in [1.29, 1.82) is 0 Å². The molecule has 3 nitrogen and oxygen atoms in total. The maximum atomic E-state index is 13.4. The Morgan fingerprint density at radius 1 is 1.15 bits per heavy atom. The quantitative estimate of drug-likeness (QED) is 0.687. The van der Waals surface area contributed by atoms with E-state index < -0.39 is 0 Å². The van der Waals surface area contributed by atoms with Crippen molar-refractivity contribution in [1.82, 2.24) is 4.90 Å². The summed E-state index contributed by atoms with van der Waals surface area (Å²) < 4.78 is 0. The fraction of sp³-hybridized carbons (Fsp3) is 0.435. The number of rotatable bonds is 5. The second-order valence-electron chi connectivity index (χ2n) is 7.95. The van der Waals surface area contributed by atoms with E-state index in [9.17, 15) is 4.79 Å². The summed E-state index contributed by atoms with van der Waals surface area (Å²) in [6.07, 6.45) is 1.99. The van der Waals surface area contributed by atoms with Crippen molar-refractivity contribution in [2.75, 3.05) is 24.5 Å². The van der Waals surface area contributed by atoms with E-state index in [2.05, 4.69) is 49.9 Å². The lowest BCUT2D eigenvalue weighted by Crippen LogP contribution is -2.48. The highest BCUT2D eigenvalue weighted by atomic mass is 35.5. The lowest BCUT2D eigenvalue weighted by atomic mass is 9.99. The Morgan fingerprint density at radius 3 is 2.41 bits per heavy atom. The minimum atomic E-state index is 0.0312. The third-order valence-electron chi connectivity index (χ3n) is 5.15. The molecule has 1 saturated heterocycles. The van der Waals surface area contributed by atoms with E-state index in [0.717, 1.165) is 38.2 Å². The molecule has 0 aliphatic carbocycles. The van der Waals surface area contributed by atoms with Gasteiger partial charge in [0.2, 0.25) is 0 Å². The average molecular weight is 385 g/mol. The van der Waals surface area contributed by atoms with Crippen LogP contribution in [-0.2, 0) is 0 Å². The SMILES string of the molecule is Cc1ccc(N(C(=O)c2cccc(Cl)c2)C2CCN(CC(C)C)CC2)cc1. The second kappa shape index (κ2) is 8.90. The van der Waals surface area contributed by atoms with Gasteiger partial charge in [-0.3, -0.25) is 4.79 Å². The molecule has 1 amide bonds. The first-order chi connectivity index (χ1) is 12.9. The van der Waals surface area contributed by atoms with E-state index in [1.807, 2.05) is 17.0 Å². The molecule has 1 heterocycles. The zero-order chi connectivity index (χ0) is 19.4. The molecule has 0 N–H and O–H groups in total. The van der Waals surface area contributed by atoms with Crippen LogP contribution in [0.25, 0.3) is 0 Å². The standard InChI is InChI=1S/C23H29ClN2O/c1-17(2)16-25-13-11-22(12-14-25)26(21-9-7-18(3)8-10-21)23(27)19-5-4-6-20(24)15-19/h4-10,15,17,22H,11-14,16H2,1-3H3. The summed E-state index contributed by atoms with van der Waals surface area (Å²) in [4.78, 5) is 17.9. The molecule has 1 aliphatic heterocycles. The number of carbonyl (C=O) groups excluding carboxylic acids is 1. The van der Waals surface area contributed by atoms with E-state index in [1.165, 1.54) is 5.56 Å². The summed E-state index contributed by atoms with van der Waals surface area (Å²) >= 11 is 6.14. The summed E-state index contributed by atoms with van der Waals surface area (Å²) in [5, 5.41) is 0.594. The predicted molar refractivity (Wildman–Crippen MR) is 114 cm³/mol. The highest BCUT2D eigenvalue weighted by Crippen LogP contribution is 2.27. The Labute approximate surface area is 167 Å². The number of benzene rings is 2. The van der Waals surface area contributed by atoms with Crippen molar-refractivity contribution >= 4 is 23.2 Å². The second-order valence-corrected chi connectivity index (χ2v) is 8.38. The first-order valence-electron chi connectivity index (χ1n) is 9.82. The molecule has 27 heavy (non-hydrogen) atoms. The summed E-state index contributed by atoms with van der Waals surface area (Å²) in [5.74, 6) is 0.700. The van der Waals surface area contributed by atoms with Crippen molar-refractivity contribution in [2.24, 2.45) is 5.92 Å². The topological polar surface area (TPSA) is 23.6 Å². The Bertz CT molecular complexity index is 764. The minimum absolute atomic E-state index is 0.0312. The lowest BCUT2D eigenvalue weighted by Gasteiger charge is -2.39. The predicted octanol–water partition coefficient (Wildman–Crippen LogP) is 5.42. The largest absolute Gasteiger partial charge is 0.305 e. The average Bonchev–Trinajstić information content (AvgIpc) is 2.64. The van der Waals surface area contributed by atoms with Crippen molar-refractivity contribution in [3.05, 3.63) is 64.7 Å². The molecule has 0 unspecified atom stereocenters. The van der Waals surface area contributed by atoms with Crippen molar-refractivity contribution < 1.29 is 4.79 Å². The molecule has 2 aromatic carbocycles. The van der Waals surface area contributed by atoms with Gasteiger partial charge in [0.05, 0.1) is 0 Å². The molecule has 4 heteroatoms. The van der Waals surface area contributed by atoms with Gasteiger partial charge < -0.3 is 9.80 Å². The van der Waals surface area contributed by atoms with E-state index >= 15 is 0 Å². The van der Waals surface area contributed by atoms with Crippen LogP contribution < -0.4 is 4.90 Å². The van der Waals surface area contributed by atoms with Gasteiger partial charge in [-0.1, -0.05) is 49.2 Å². The van der Waals surface area contributed by atoms with Gasteiger partial charge in [0.25, 0.3) is 5.91 Å². The monoisotopic (exact) mass is 384 g/mol. The Morgan fingerprint density at radius 2 is 1.81 bits per heavy atom. The number of hydrogen-bond acceptors (Lipinski definition) is 2. The van der Waals surface area contributed by atoms with Crippen LogP contribution >= 0.6 is 11.6 Å². The zero-order valence-electron chi connectivity index (χ0n) is 16.5. The van der Waals surface area contributed by atoms with Gasteiger partial charge in [-0.05, 0) is 56.0 Å². The Kier molecular flexibility index (Phi) is 6.56. The number of amides is 1. The number of halogens is 1. The molecule has 1 aliphatic rings. The molecule has 144 valence electrons. The molecule has 1 fully saturated rings. The maximum absolute atomic E-state index is 13.4. The number of nitrogens with zero attached hydrogens (tertiary/aromatic N) is 2. The van der Waals surface area contributed by atoms with Crippen molar-refractivity contribution in [2.45, 2.75) is 39.7 Å². The van der Waals surface area contributed by atoms with E-state index in [-0.39, 0.29) is 11.9 Å². The zero-order valence-corrected chi connectivity index (χ0v) is 17.2. The lowest BCUT2D eigenvalue weighted by molar-refractivity contribution is 0.0957. The highest BCUT2D eigenvalue weighted by Gasteiger charge is 2.30. The summed E-state index contributed by atoms with van der Waals surface area (Å²) in [5.41, 5.74) is 2.81. The third kappa shape index (κ3) is 5.12. The van der Waals surface area contributed by atoms with E-state index in [4.69, 9.17) is 11.6 Å². The smallest absolute Gasteiger partial charge is 0.258 e. The number of piperidine rings is 1. The Hall–Kier alpha value is -1.84. The molecule has 0 aromatic heterocycles. The van der Waals surface area contributed by atoms with Gasteiger partial charge in [0.1, 0.15) is 0 Å². The minimum Gasteiger partial charge on any atom is -0.305 e. The number of likely N-dealkylation sites (tertiary alicyclic amines) is 1. The number of anilines is 1. The van der Waals surface area contributed by atoms with Gasteiger partial charge in [0, 0.05) is 41.9 Å². The van der Waals surface area contributed by atoms with Crippen LogP contribution in [0, 0.1) is 12.8 Å². The van der Waals surface area contributed by atoms with Crippen molar-refractivity contribution in [3.63, 3.8) is 0 Å². The molecular weight excluding hydrogens is 356 g/mol. The van der Waals surface area contributed by atoms with Gasteiger partial charge in [-0.25, -0.2) is 0 Å². The van der Waals surface area contributed by atoms with Crippen LogP contribution in [-0.4, -0.2) is 36.5 Å². The number of carbonyl (C=O) groups is 1. The molecule has 0 atom stereocenters. The summed E-state index contributed by atoms with van der Waals surface area (Å²) in [6.45, 7) is 9.78. The van der Waals surface area contributed by atoms with Crippen LogP contribution in [0.3, 0.4) is 0 Å². The highest BCUT2D eigenvalue weighted by molar-refractivity contribution is 6.31. The summed E-state index contributed by atoms with van der Waals surface area (Å²) in [7, 11) is 0. The fourth-order valence-electron chi connectivity index (χ4n) is 3.84. The fourth-order valence-corrected chi connectivity index (χ4v) is 4.03. The van der Waals surface area contributed by atoms with Crippen molar-refractivity contribution in [3.8, 4) is 0 Å². The number of hydrogen-bond donors (Lipinski definition) is 0. The van der Waals surface area contributed by atoms with Gasteiger partial charge in [-0.2, -0.15) is 0 Å². The summed E-state index contributed by atoms with van der Waals surface area (Å²) in [6, 6.07) is 15.7. The molecular formula is C23H29ClN2O. The first-order valence-corrected chi connectivity index (χ1v) is 10.2. The Balaban J connectivity index is 1.85. The van der Waals surface area contributed by atoms with E-state index in [0.29, 0.717) is 16.5 Å². The molecule has 0 radical (unpaired) electrons. The van der Waals surface area contributed by atoms with Crippen LogP contribution in [0.1, 0.15) is 42.6 Å². The van der Waals surface area contributed by atoms with Crippen LogP contribution in [0.2, 0.25) is 5.02 Å². The molecule has 0 bridgehead atoms. The molecule has 0 spiro atoms. The molecule has 2 aromatic rings. The molecule has 3 rings (SSSR count). The molecule has 0 saturated carbocycles. The maximum Gasteiger partial charge on any atom is 0.258 e. The normalized spacial score (nSPS) is 15.9. The number of aryl methyl sites for hydroxylation is 1. The van der Waals surface area contributed by atoms with Gasteiger partial charge in [-0.15, -0.1) is 0 Å². The van der Waals surface area contributed by atoms with Gasteiger partial charge in [0.15, 0.2) is 0 Å². The van der Waals surface area contributed by atoms with Crippen LogP contribution in [0.15, 0.2) is 48.5 Å². The van der Waals surface area contributed by atoms with Crippen LogP contribution in [0.4, 0.5) is 5.69 Å². The van der Waals surface area contributed by atoms with Gasteiger partial charge >= 0.3 is 0 Å². The first kappa shape index (κ1) is 19.9. The van der Waals surface area contributed by atoms with Crippen LogP contribution in [0.5, 0.6) is 0 Å². The third-order valence-corrected chi connectivity index (χ3v) is 5.38. The van der Waals surface area contributed by atoms with E-state index in [1.54, 1.807) is 12.1 Å².